The van der Waals surface area contributed by atoms with Crippen LogP contribution in [0.1, 0.15) is 30.1 Å². The normalized spacial score (nSPS) is 14.2. The molecule has 1 aliphatic rings. The highest BCUT2D eigenvalue weighted by Crippen LogP contribution is 2.23. The summed E-state index contributed by atoms with van der Waals surface area (Å²) < 4.78 is 1.98. The van der Waals surface area contributed by atoms with E-state index in [9.17, 15) is 9.59 Å². The van der Waals surface area contributed by atoms with Crippen molar-refractivity contribution >= 4 is 34.5 Å². The van der Waals surface area contributed by atoms with Gasteiger partial charge in [0.2, 0.25) is 11.9 Å². The summed E-state index contributed by atoms with van der Waals surface area (Å²) in [6.07, 6.45) is 1.48. The minimum absolute atomic E-state index is 0.138. The number of nitrogens with one attached hydrogen (secondary N) is 1. The van der Waals surface area contributed by atoms with Gasteiger partial charge in [-0.25, -0.2) is 4.98 Å². The molecule has 6 heteroatoms. The first kappa shape index (κ1) is 16.3. The molecule has 6 nitrogen and oxygen atoms in total. The number of rotatable bonds is 4. The molecule has 1 aromatic heterocycles. The van der Waals surface area contributed by atoms with Crippen molar-refractivity contribution in [2.24, 2.45) is 0 Å². The van der Waals surface area contributed by atoms with Crippen LogP contribution in [0.2, 0.25) is 0 Å². The van der Waals surface area contributed by atoms with E-state index >= 15 is 0 Å². The van der Waals surface area contributed by atoms with Gasteiger partial charge in [0.1, 0.15) is 0 Å². The van der Waals surface area contributed by atoms with E-state index in [1.807, 2.05) is 47.9 Å². The fourth-order valence-electron chi connectivity index (χ4n) is 3.38. The molecule has 132 valence electrons. The number of carbonyl (C=O) groups excluding carboxylic acids is 2. The number of anilines is 2. The third-order valence-corrected chi connectivity index (χ3v) is 4.71. The fourth-order valence-corrected chi connectivity index (χ4v) is 3.38. The second kappa shape index (κ2) is 6.63. The Balaban J connectivity index is 1.56. The zero-order valence-electron chi connectivity index (χ0n) is 14.6. The molecule has 1 aliphatic heterocycles. The quantitative estimate of drug-likeness (QED) is 0.785. The highest BCUT2D eigenvalue weighted by atomic mass is 16.2. The first-order valence-electron chi connectivity index (χ1n) is 8.84. The smallest absolute Gasteiger partial charge is 0.257 e. The van der Waals surface area contributed by atoms with Crippen molar-refractivity contribution in [1.82, 2.24) is 9.55 Å². The molecule has 26 heavy (non-hydrogen) atoms. The second-order valence-corrected chi connectivity index (χ2v) is 6.32. The average Bonchev–Trinajstić information content (AvgIpc) is 3.24. The van der Waals surface area contributed by atoms with E-state index in [1.165, 1.54) is 0 Å². The minimum Gasteiger partial charge on any atom is -0.312 e. The molecule has 0 saturated carbocycles. The number of nitrogens with zero attached hydrogens (tertiary/aromatic N) is 3. The van der Waals surface area contributed by atoms with Crippen molar-refractivity contribution in [3.63, 3.8) is 0 Å². The van der Waals surface area contributed by atoms with Crippen molar-refractivity contribution in [3.05, 3.63) is 54.1 Å². The summed E-state index contributed by atoms with van der Waals surface area (Å²) in [5, 5.41) is 2.90. The molecule has 2 heterocycles. The lowest BCUT2D eigenvalue weighted by molar-refractivity contribution is -0.117. The molecule has 0 unspecified atom stereocenters. The van der Waals surface area contributed by atoms with Gasteiger partial charge in [-0.05, 0) is 49.7 Å². The number of para-hydroxylation sites is 2. The van der Waals surface area contributed by atoms with Gasteiger partial charge in [-0.3, -0.25) is 14.9 Å². The van der Waals surface area contributed by atoms with E-state index < -0.39 is 0 Å². The highest BCUT2D eigenvalue weighted by Gasteiger charge is 2.22. The van der Waals surface area contributed by atoms with Crippen LogP contribution in [0.25, 0.3) is 11.0 Å². The van der Waals surface area contributed by atoms with Gasteiger partial charge >= 0.3 is 0 Å². The molecule has 0 radical (unpaired) electrons. The lowest BCUT2D eigenvalue weighted by Gasteiger charge is -2.15. The summed E-state index contributed by atoms with van der Waals surface area (Å²) in [7, 11) is 0. The molecule has 1 N–H and O–H groups in total. The first-order valence-corrected chi connectivity index (χ1v) is 8.84. The number of hydrogen-bond acceptors (Lipinski definition) is 3. The molecule has 3 aromatic rings. The number of carbonyl (C=O) groups is 2. The molecule has 0 spiro atoms. The molecule has 1 saturated heterocycles. The van der Waals surface area contributed by atoms with Gasteiger partial charge in [-0.2, -0.15) is 0 Å². The van der Waals surface area contributed by atoms with Crippen LogP contribution >= 0.6 is 0 Å². The predicted octanol–water partition coefficient (Wildman–Crippen LogP) is 3.44. The van der Waals surface area contributed by atoms with E-state index in [2.05, 4.69) is 10.3 Å². The number of amides is 2. The third kappa shape index (κ3) is 2.83. The summed E-state index contributed by atoms with van der Waals surface area (Å²) in [5.74, 6) is 0.464. The maximum Gasteiger partial charge on any atom is 0.257 e. The van der Waals surface area contributed by atoms with Crippen LogP contribution < -0.4 is 10.2 Å². The number of aromatic nitrogens is 2. The van der Waals surface area contributed by atoms with Crippen molar-refractivity contribution in [1.29, 1.82) is 0 Å². The molecular weight excluding hydrogens is 328 g/mol. The summed E-state index contributed by atoms with van der Waals surface area (Å²) in [4.78, 5) is 30.7. The van der Waals surface area contributed by atoms with Gasteiger partial charge in [-0.1, -0.05) is 12.1 Å². The van der Waals surface area contributed by atoms with Gasteiger partial charge in [0.15, 0.2) is 0 Å². The maximum absolute atomic E-state index is 12.6. The lowest BCUT2D eigenvalue weighted by Crippen LogP contribution is -2.23. The number of fused-ring (bicyclic) bond motifs is 1. The molecule has 1 fully saturated rings. The largest absolute Gasteiger partial charge is 0.312 e. The third-order valence-electron chi connectivity index (χ3n) is 4.71. The van der Waals surface area contributed by atoms with Crippen molar-refractivity contribution in [2.45, 2.75) is 26.3 Å². The van der Waals surface area contributed by atoms with Gasteiger partial charge in [-0.15, -0.1) is 0 Å². The van der Waals surface area contributed by atoms with Crippen LogP contribution in [0.15, 0.2) is 48.5 Å². The summed E-state index contributed by atoms with van der Waals surface area (Å²) in [6, 6.07) is 14.9. The zero-order valence-corrected chi connectivity index (χ0v) is 14.6. The Morgan fingerprint density at radius 2 is 1.92 bits per heavy atom. The topological polar surface area (TPSA) is 67.2 Å². The van der Waals surface area contributed by atoms with Crippen LogP contribution in [-0.4, -0.2) is 27.9 Å². The van der Waals surface area contributed by atoms with E-state index in [4.69, 9.17) is 0 Å². The van der Waals surface area contributed by atoms with Gasteiger partial charge in [0.05, 0.1) is 11.0 Å². The summed E-state index contributed by atoms with van der Waals surface area (Å²) in [6.45, 7) is 3.47. The Bertz CT molecular complexity index is 975. The Morgan fingerprint density at radius 3 is 2.62 bits per heavy atom. The van der Waals surface area contributed by atoms with E-state index in [0.717, 1.165) is 29.7 Å². The molecule has 2 aromatic carbocycles. The van der Waals surface area contributed by atoms with Crippen molar-refractivity contribution in [2.75, 3.05) is 16.8 Å². The van der Waals surface area contributed by atoms with E-state index in [-0.39, 0.29) is 11.8 Å². The SMILES string of the molecule is CCn1c(NC(=O)c2ccc(N3CCCC3=O)cc2)nc2ccccc21. The molecular formula is C20H20N4O2. The van der Waals surface area contributed by atoms with Crippen LogP contribution in [-0.2, 0) is 11.3 Å². The Kier molecular flexibility index (Phi) is 4.16. The first-order chi connectivity index (χ1) is 12.7. The minimum atomic E-state index is -0.214. The summed E-state index contributed by atoms with van der Waals surface area (Å²) in [5.41, 5.74) is 3.22. The monoisotopic (exact) mass is 348 g/mol. The number of hydrogen-bond donors (Lipinski definition) is 1. The summed E-state index contributed by atoms with van der Waals surface area (Å²) >= 11 is 0. The molecule has 2 amide bonds. The highest BCUT2D eigenvalue weighted by molar-refractivity contribution is 6.04. The lowest BCUT2D eigenvalue weighted by atomic mass is 10.2. The van der Waals surface area contributed by atoms with Gasteiger partial charge < -0.3 is 9.47 Å². The van der Waals surface area contributed by atoms with Gasteiger partial charge in [0.25, 0.3) is 5.91 Å². The molecule has 0 atom stereocenters. The van der Waals surface area contributed by atoms with Crippen LogP contribution in [0.4, 0.5) is 11.6 Å². The zero-order chi connectivity index (χ0) is 18.1. The molecule has 4 rings (SSSR count). The fraction of sp³-hybridized carbons (Fsp3) is 0.250. The van der Waals surface area contributed by atoms with Crippen LogP contribution in [0.5, 0.6) is 0 Å². The Morgan fingerprint density at radius 1 is 1.15 bits per heavy atom. The number of benzene rings is 2. The number of imidazole rings is 1. The average molecular weight is 348 g/mol. The molecule has 0 bridgehead atoms. The standard InChI is InChI=1S/C20H20N4O2/c1-2-23-17-7-4-3-6-16(17)21-20(23)22-19(26)14-9-11-15(12-10-14)24-13-5-8-18(24)25/h3-4,6-7,9-12H,2,5,8,13H2,1H3,(H,21,22,26). The predicted molar refractivity (Wildman–Crippen MR) is 101 cm³/mol. The Hall–Kier alpha value is -3.15. The Labute approximate surface area is 151 Å². The van der Waals surface area contributed by atoms with E-state index in [0.29, 0.717) is 24.5 Å². The van der Waals surface area contributed by atoms with Crippen molar-refractivity contribution < 1.29 is 9.59 Å². The van der Waals surface area contributed by atoms with Gasteiger partial charge in [0, 0.05) is 30.8 Å². The van der Waals surface area contributed by atoms with Crippen LogP contribution in [0.3, 0.4) is 0 Å². The second-order valence-electron chi connectivity index (χ2n) is 6.32. The van der Waals surface area contributed by atoms with Crippen molar-refractivity contribution in [3.8, 4) is 0 Å². The maximum atomic E-state index is 12.6. The molecule has 0 aliphatic carbocycles. The number of aryl methyl sites for hydroxylation is 1. The van der Waals surface area contributed by atoms with Crippen LogP contribution in [0, 0.1) is 0 Å². The van der Waals surface area contributed by atoms with E-state index in [1.54, 1.807) is 17.0 Å².